The molecule has 0 spiro atoms. The molecule has 0 amide bonds. The van der Waals surface area contributed by atoms with Crippen LogP contribution in [-0.2, 0) is 4.74 Å². The number of carbonyl (C=O) groups is 1. The second-order valence-corrected chi connectivity index (χ2v) is 9.01. The predicted molar refractivity (Wildman–Crippen MR) is 141 cm³/mol. The summed E-state index contributed by atoms with van der Waals surface area (Å²) in [6, 6.07) is 21.0. The number of nitrogens with zero attached hydrogens (tertiary/aromatic N) is 3. The largest absolute Gasteiger partial charge is 0.465 e. The van der Waals surface area contributed by atoms with Crippen LogP contribution in [0.2, 0.25) is 0 Å². The van der Waals surface area contributed by atoms with Crippen molar-refractivity contribution in [1.29, 1.82) is 0 Å². The number of carbonyl (C=O) groups excluding carboxylic acids is 1. The van der Waals surface area contributed by atoms with Gasteiger partial charge in [-0.05, 0) is 74.1 Å². The molecule has 6 nitrogen and oxygen atoms in total. The van der Waals surface area contributed by atoms with Gasteiger partial charge in [-0.2, -0.15) is 0 Å². The van der Waals surface area contributed by atoms with Crippen LogP contribution >= 0.6 is 12.2 Å². The van der Waals surface area contributed by atoms with E-state index in [2.05, 4.69) is 16.4 Å². The van der Waals surface area contributed by atoms with E-state index in [-0.39, 0.29) is 17.9 Å². The van der Waals surface area contributed by atoms with Gasteiger partial charge in [-0.25, -0.2) is 9.18 Å². The summed E-state index contributed by atoms with van der Waals surface area (Å²) in [5.41, 5.74) is 5.12. The highest BCUT2D eigenvalue weighted by Gasteiger charge is 2.43. The van der Waals surface area contributed by atoms with Gasteiger partial charge in [0.15, 0.2) is 5.11 Å². The topological polar surface area (TPSA) is 59.4 Å². The van der Waals surface area contributed by atoms with Crippen LogP contribution in [0.15, 0.2) is 79.0 Å². The summed E-state index contributed by atoms with van der Waals surface area (Å²) in [6.45, 7) is 3.97. The van der Waals surface area contributed by atoms with Gasteiger partial charge < -0.3 is 19.5 Å². The minimum atomic E-state index is -0.414. The number of para-hydroxylation sites is 2. The van der Waals surface area contributed by atoms with Crippen LogP contribution < -0.4 is 10.2 Å². The van der Waals surface area contributed by atoms with E-state index in [1.807, 2.05) is 53.6 Å². The molecule has 0 unspecified atom stereocenters. The van der Waals surface area contributed by atoms with E-state index in [9.17, 15) is 4.79 Å². The van der Waals surface area contributed by atoms with Crippen molar-refractivity contribution in [1.82, 2.24) is 14.9 Å². The number of nitrogens with one attached hydrogen (secondary N) is 1. The Hall–Kier alpha value is -4.04. The number of hydrogen-bond acceptors (Lipinski definition) is 4. The molecule has 2 aromatic carbocycles. The second kappa shape index (κ2) is 9.54. The Balaban J connectivity index is 1.71. The van der Waals surface area contributed by atoms with E-state index in [0.29, 0.717) is 22.1 Å². The first-order valence-electron chi connectivity index (χ1n) is 11.5. The molecule has 36 heavy (non-hydrogen) atoms. The molecule has 1 N–H and O–H groups in total. The van der Waals surface area contributed by atoms with Gasteiger partial charge in [0.2, 0.25) is 0 Å². The maximum absolute atomic E-state index is 15.1. The average molecular weight is 501 g/mol. The molecule has 2 aromatic heterocycles. The van der Waals surface area contributed by atoms with Crippen molar-refractivity contribution in [3.63, 3.8) is 0 Å². The van der Waals surface area contributed by atoms with Crippen LogP contribution in [0, 0.1) is 19.7 Å². The van der Waals surface area contributed by atoms with Gasteiger partial charge in [-0.3, -0.25) is 4.98 Å². The fourth-order valence-corrected chi connectivity index (χ4v) is 5.33. The second-order valence-electron chi connectivity index (χ2n) is 8.62. The highest BCUT2D eigenvalue weighted by Crippen LogP contribution is 2.44. The molecule has 8 heteroatoms. The molecular weight excluding hydrogens is 475 g/mol. The van der Waals surface area contributed by atoms with Gasteiger partial charge in [0.25, 0.3) is 0 Å². The SMILES string of the molecule is COC(=O)c1ccccc1-n1c(C)cc([C@@H]2[C@@H](c3ccccn3)NC(=S)N2c2ccccc2F)c1C. The third-order valence-electron chi connectivity index (χ3n) is 6.55. The van der Waals surface area contributed by atoms with Gasteiger partial charge in [0.05, 0.1) is 41.8 Å². The van der Waals surface area contributed by atoms with Crippen molar-refractivity contribution in [3.05, 3.63) is 113 Å². The molecule has 0 bridgehead atoms. The van der Waals surface area contributed by atoms with E-state index < -0.39 is 5.97 Å². The van der Waals surface area contributed by atoms with Crippen LogP contribution in [0.25, 0.3) is 5.69 Å². The minimum absolute atomic E-state index is 0.317. The first kappa shape index (κ1) is 23.7. The molecule has 5 rings (SSSR count). The molecule has 1 saturated heterocycles. The predicted octanol–water partition coefficient (Wildman–Crippen LogP) is 5.59. The summed E-state index contributed by atoms with van der Waals surface area (Å²) in [5, 5.41) is 3.79. The molecule has 1 aliphatic rings. The number of rotatable bonds is 5. The molecule has 3 heterocycles. The molecule has 1 aliphatic heterocycles. The monoisotopic (exact) mass is 500 g/mol. The number of aromatic nitrogens is 2. The lowest BCUT2D eigenvalue weighted by molar-refractivity contribution is 0.0600. The highest BCUT2D eigenvalue weighted by atomic mass is 32.1. The number of esters is 1. The first-order valence-corrected chi connectivity index (χ1v) is 11.9. The Morgan fingerprint density at radius 2 is 1.72 bits per heavy atom. The number of ether oxygens (including phenoxy) is 1. The number of hydrogen-bond donors (Lipinski definition) is 1. The van der Waals surface area contributed by atoms with Gasteiger partial charge in [-0.1, -0.05) is 30.3 Å². The summed E-state index contributed by atoms with van der Waals surface area (Å²) in [7, 11) is 1.37. The quantitative estimate of drug-likeness (QED) is 0.285. The maximum Gasteiger partial charge on any atom is 0.339 e. The number of pyridine rings is 1. The Kier molecular flexibility index (Phi) is 6.28. The third-order valence-corrected chi connectivity index (χ3v) is 6.86. The van der Waals surface area contributed by atoms with Crippen molar-refractivity contribution < 1.29 is 13.9 Å². The molecule has 1 fully saturated rings. The van der Waals surface area contributed by atoms with E-state index in [0.717, 1.165) is 22.6 Å². The van der Waals surface area contributed by atoms with Gasteiger partial charge in [0, 0.05) is 17.6 Å². The average Bonchev–Trinajstić information content (AvgIpc) is 3.39. The number of thiocarbonyl (C=S) groups is 1. The molecule has 0 aliphatic carbocycles. The van der Waals surface area contributed by atoms with E-state index >= 15 is 4.39 Å². The maximum atomic E-state index is 15.1. The summed E-state index contributed by atoms with van der Waals surface area (Å²) >= 11 is 5.74. The van der Waals surface area contributed by atoms with Gasteiger partial charge >= 0.3 is 5.97 Å². The molecular formula is C28H25FN4O2S. The zero-order valence-corrected chi connectivity index (χ0v) is 20.9. The fraction of sp³-hybridized carbons (Fsp3) is 0.179. The lowest BCUT2D eigenvalue weighted by Crippen LogP contribution is -2.30. The number of halogens is 1. The van der Waals surface area contributed by atoms with Crippen molar-refractivity contribution in [3.8, 4) is 5.69 Å². The van der Waals surface area contributed by atoms with Crippen LogP contribution in [0.5, 0.6) is 0 Å². The van der Waals surface area contributed by atoms with Crippen LogP contribution in [-0.4, -0.2) is 27.7 Å². The molecule has 2 atom stereocenters. The van der Waals surface area contributed by atoms with Crippen molar-refractivity contribution in [2.24, 2.45) is 0 Å². The Morgan fingerprint density at radius 1 is 1.03 bits per heavy atom. The zero-order chi connectivity index (χ0) is 25.4. The number of anilines is 1. The smallest absolute Gasteiger partial charge is 0.339 e. The standard InChI is InChI=1S/C28H25FN4O2S/c1-17-16-20(18(2)32(17)23-13-6-4-10-19(23)27(34)35-3)26-25(22-12-8-9-15-30-22)31-28(36)33(26)24-14-7-5-11-21(24)29/h4-16,25-26H,1-3H3,(H,31,36)/t25-,26-/m1/s1. The highest BCUT2D eigenvalue weighted by molar-refractivity contribution is 7.80. The molecule has 0 saturated carbocycles. The molecule has 182 valence electrons. The summed E-state index contributed by atoms with van der Waals surface area (Å²) < 4.78 is 22.1. The summed E-state index contributed by atoms with van der Waals surface area (Å²) in [4.78, 5) is 18.9. The van der Waals surface area contributed by atoms with Gasteiger partial charge in [0.1, 0.15) is 5.82 Å². The first-order chi connectivity index (χ1) is 17.4. The van der Waals surface area contributed by atoms with Crippen molar-refractivity contribution >= 4 is 29.0 Å². The molecule has 4 aromatic rings. The Bertz CT molecular complexity index is 1450. The lowest BCUT2D eigenvalue weighted by Gasteiger charge is -2.28. The fourth-order valence-electron chi connectivity index (χ4n) is 4.99. The van der Waals surface area contributed by atoms with Crippen LogP contribution in [0.1, 0.15) is 45.1 Å². The summed E-state index contributed by atoms with van der Waals surface area (Å²) in [5.74, 6) is -0.777. The Morgan fingerprint density at radius 3 is 2.42 bits per heavy atom. The van der Waals surface area contributed by atoms with Crippen LogP contribution in [0.3, 0.4) is 0 Å². The number of benzene rings is 2. The number of aryl methyl sites for hydroxylation is 1. The van der Waals surface area contributed by atoms with Crippen LogP contribution in [0.4, 0.5) is 10.1 Å². The normalized spacial score (nSPS) is 17.2. The third kappa shape index (κ3) is 3.93. The summed E-state index contributed by atoms with van der Waals surface area (Å²) in [6.07, 6.45) is 1.73. The zero-order valence-electron chi connectivity index (χ0n) is 20.1. The molecule has 0 radical (unpaired) electrons. The van der Waals surface area contributed by atoms with Crippen molar-refractivity contribution in [2.75, 3.05) is 12.0 Å². The van der Waals surface area contributed by atoms with Crippen molar-refractivity contribution in [2.45, 2.75) is 25.9 Å². The lowest BCUT2D eigenvalue weighted by atomic mass is 9.96. The number of methoxy groups -OCH3 is 1. The van der Waals surface area contributed by atoms with E-state index in [1.165, 1.54) is 13.2 Å². The minimum Gasteiger partial charge on any atom is -0.465 e. The Labute approximate surface area is 214 Å². The van der Waals surface area contributed by atoms with E-state index in [4.69, 9.17) is 17.0 Å². The van der Waals surface area contributed by atoms with E-state index in [1.54, 1.807) is 36.5 Å². The van der Waals surface area contributed by atoms with Gasteiger partial charge in [-0.15, -0.1) is 0 Å².